The van der Waals surface area contributed by atoms with Crippen molar-refractivity contribution in [3.8, 4) is 0 Å². The Balaban J connectivity index is 1.71. The Labute approximate surface area is 171 Å². The summed E-state index contributed by atoms with van der Waals surface area (Å²) in [6.07, 6.45) is 3.37. The van der Waals surface area contributed by atoms with E-state index in [4.69, 9.17) is 4.74 Å². The molecule has 3 rings (SSSR count). The molecule has 1 atom stereocenters. The van der Waals surface area contributed by atoms with E-state index >= 15 is 0 Å². The lowest BCUT2D eigenvalue weighted by molar-refractivity contribution is -0.125. The molecule has 0 spiro atoms. The minimum atomic E-state index is -0.687. The van der Waals surface area contributed by atoms with E-state index in [0.717, 1.165) is 16.9 Å². The molecule has 8 nitrogen and oxygen atoms in total. The monoisotopic (exact) mass is 401 g/mol. The fourth-order valence-corrected chi connectivity index (χ4v) is 3.49. The molecule has 1 fully saturated rings. The van der Waals surface area contributed by atoms with Crippen LogP contribution in [0.1, 0.15) is 46.0 Å². The van der Waals surface area contributed by atoms with Gasteiger partial charge in [0.2, 0.25) is 5.91 Å². The van der Waals surface area contributed by atoms with Crippen molar-refractivity contribution in [2.24, 2.45) is 0 Å². The number of nitrogens with zero attached hydrogens (tertiary/aromatic N) is 3. The molecule has 1 saturated heterocycles. The highest BCUT2D eigenvalue weighted by Crippen LogP contribution is 2.22. The zero-order valence-corrected chi connectivity index (χ0v) is 18.1. The lowest BCUT2D eigenvalue weighted by atomic mass is 10.0. The van der Waals surface area contributed by atoms with Gasteiger partial charge < -0.3 is 24.7 Å². The second-order valence-corrected chi connectivity index (χ2v) is 9.08. The van der Waals surface area contributed by atoms with Crippen molar-refractivity contribution in [3.63, 3.8) is 0 Å². The van der Waals surface area contributed by atoms with Gasteiger partial charge in [-0.15, -0.1) is 0 Å². The second-order valence-electron chi connectivity index (χ2n) is 9.08. The van der Waals surface area contributed by atoms with Crippen molar-refractivity contribution in [1.82, 2.24) is 24.9 Å². The maximum atomic E-state index is 13.0. The number of aromatic nitrogens is 2. The van der Waals surface area contributed by atoms with Crippen molar-refractivity contribution in [2.45, 2.75) is 58.7 Å². The molecular formula is C21H31N5O3. The fraction of sp³-hybridized carbons (Fsp3) is 0.571. The second kappa shape index (κ2) is 7.67. The van der Waals surface area contributed by atoms with Gasteiger partial charge in [-0.3, -0.25) is 4.79 Å². The van der Waals surface area contributed by atoms with Crippen molar-refractivity contribution >= 4 is 17.5 Å². The van der Waals surface area contributed by atoms with Gasteiger partial charge in [-0.1, -0.05) is 6.07 Å². The van der Waals surface area contributed by atoms with E-state index in [-0.39, 0.29) is 12.5 Å². The number of aryl methyl sites for hydroxylation is 1. The number of fused-ring (bicyclic) bond motifs is 1. The van der Waals surface area contributed by atoms with Gasteiger partial charge in [-0.25, -0.2) is 9.78 Å². The molecule has 0 bridgehead atoms. The lowest BCUT2D eigenvalue weighted by Crippen LogP contribution is -2.60. The van der Waals surface area contributed by atoms with E-state index in [1.54, 1.807) is 4.90 Å². The number of hydrogen-bond donors (Lipinski definition) is 2. The molecule has 0 aliphatic carbocycles. The van der Waals surface area contributed by atoms with Crippen molar-refractivity contribution in [2.75, 3.05) is 19.6 Å². The number of amides is 2. The van der Waals surface area contributed by atoms with Crippen molar-refractivity contribution < 1.29 is 14.3 Å². The summed E-state index contributed by atoms with van der Waals surface area (Å²) >= 11 is 0. The van der Waals surface area contributed by atoms with Crippen LogP contribution in [-0.4, -0.2) is 57.6 Å². The van der Waals surface area contributed by atoms with E-state index in [1.165, 1.54) is 0 Å². The van der Waals surface area contributed by atoms with E-state index in [0.29, 0.717) is 13.1 Å². The molecule has 2 aromatic rings. The number of imidazole rings is 1. The van der Waals surface area contributed by atoms with Crippen LogP contribution in [0.25, 0.3) is 5.52 Å². The van der Waals surface area contributed by atoms with Gasteiger partial charge in [-0.2, -0.15) is 0 Å². The van der Waals surface area contributed by atoms with Gasteiger partial charge in [0.15, 0.2) is 0 Å². The molecular weight excluding hydrogens is 370 g/mol. The third-order valence-electron chi connectivity index (χ3n) is 4.92. The molecule has 0 saturated carbocycles. The fourth-order valence-electron chi connectivity index (χ4n) is 3.49. The first-order valence-corrected chi connectivity index (χ1v) is 9.94. The average molecular weight is 402 g/mol. The highest BCUT2D eigenvalue weighted by atomic mass is 16.6. The molecule has 158 valence electrons. The van der Waals surface area contributed by atoms with Crippen LogP contribution in [0.5, 0.6) is 0 Å². The Bertz CT molecular complexity index is 913. The summed E-state index contributed by atoms with van der Waals surface area (Å²) in [7, 11) is 0. The van der Waals surface area contributed by atoms with Crippen molar-refractivity contribution in [3.05, 3.63) is 35.9 Å². The molecule has 1 aliphatic heterocycles. The Morgan fingerprint density at radius 3 is 2.69 bits per heavy atom. The lowest BCUT2D eigenvalue weighted by Gasteiger charge is -2.35. The maximum Gasteiger partial charge on any atom is 0.410 e. The van der Waals surface area contributed by atoms with Crippen LogP contribution >= 0.6 is 0 Å². The first-order chi connectivity index (χ1) is 13.5. The zero-order valence-electron chi connectivity index (χ0n) is 18.1. The average Bonchev–Trinajstić information content (AvgIpc) is 3.06. The molecule has 8 heteroatoms. The molecule has 0 unspecified atom stereocenters. The molecule has 0 radical (unpaired) electrons. The van der Waals surface area contributed by atoms with E-state index in [1.807, 2.05) is 70.5 Å². The molecule has 29 heavy (non-hydrogen) atoms. The summed E-state index contributed by atoms with van der Waals surface area (Å²) < 4.78 is 7.44. The van der Waals surface area contributed by atoms with Crippen LogP contribution in [0, 0.1) is 6.92 Å². The SMILES string of the molecule is Cc1cccn2c(C(C)(C)NC(=O)[C@H]3CN(C(=O)OC(C)(C)C)CCN3)ncc12. The van der Waals surface area contributed by atoms with Gasteiger partial charge in [0.05, 0.1) is 17.3 Å². The van der Waals surface area contributed by atoms with Crippen LogP contribution in [0.2, 0.25) is 0 Å². The molecule has 3 heterocycles. The summed E-state index contributed by atoms with van der Waals surface area (Å²) in [5, 5.41) is 6.28. The quantitative estimate of drug-likeness (QED) is 0.823. The number of pyridine rings is 1. The molecule has 2 aromatic heterocycles. The van der Waals surface area contributed by atoms with Crippen LogP contribution < -0.4 is 10.6 Å². The predicted molar refractivity (Wildman–Crippen MR) is 111 cm³/mol. The van der Waals surface area contributed by atoms with Gasteiger partial charge in [0.25, 0.3) is 0 Å². The number of carbonyl (C=O) groups is 2. The Kier molecular flexibility index (Phi) is 5.58. The van der Waals surface area contributed by atoms with Crippen LogP contribution in [-0.2, 0) is 15.1 Å². The number of piperazine rings is 1. The third kappa shape index (κ3) is 4.70. The molecule has 2 amide bonds. The summed E-state index contributed by atoms with van der Waals surface area (Å²) in [4.78, 5) is 31.5. The first kappa shape index (κ1) is 21.1. The number of nitrogens with one attached hydrogen (secondary N) is 2. The molecule has 2 N–H and O–H groups in total. The molecule has 1 aliphatic rings. The third-order valence-corrected chi connectivity index (χ3v) is 4.92. The summed E-state index contributed by atoms with van der Waals surface area (Å²) in [6.45, 7) is 12.7. The highest BCUT2D eigenvalue weighted by molar-refractivity contribution is 5.83. The maximum absolute atomic E-state index is 13.0. The standard InChI is InChI=1S/C21H31N5O3/c1-14-8-7-10-26-16(14)12-23-18(26)21(5,6)24-17(27)15-13-25(11-9-22-15)19(28)29-20(2,3)4/h7-8,10,12,15,22H,9,11,13H2,1-6H3,(H,24,27)/t15-/m1/s1. The van der Waals surface area contributed by atoms with Gasteiger partial charge in [-0.05, 0) is 53.2 Å². The van der Waals surface area contributed by atoms with Crippen molar-refractivity contribution in [1.29, 1.82) is 0 Å². The molecule has 0 aromatic carbocycles. The number of ether oxygens (including phenoxy) is 1. The smallest absolute Gasteiger partial charge is 0.410 e. The van der Waals surface area contributed by atoms with Crippen LogP contribution in [0.3, 0.4) is 0 Å². The minimum Gasteiger partial charge on any atom is -0.444 e. The highest BCUT2D eigenvalue weighted by Gasteiger charge is 2.34. The Morgan fingerprint density at radius 2 is 2.00 bits per heavy atom. The van der Waals surface area contributed by atoms with E-state index < -0.39 is 23.3 Å². The minimum absolute atomic E-state index is 0.173. The van der Waals surface area contributed by atoms with Gasteiger partial charge in [0, 0.05) is 25.8 Å². The summed E-state index contributed by atoms with van der Waals surface area (Å²) in [5.74, 6) is 0.581. The Hall–Kier alpha value is -2.61. The van der Waals surface area contributed by atoms with Gasteiger partial charge in [0.1, 0.15) is 17.5 Å². The Morgan fingerprint density at radius 1 is 1.28 bits per heavy atom. The van der Waals surface area contributed by atoms with Crippen LogP contribution in [0.15, 0.2) is 24.5 Å². The van der Waals surface area contributed by atoms with Crippen LogP contribution in [0.4, 0.5) is 4.79 Å². The number of rotatable bonds is 3. The first-order valence-electron chi connectivity index (χ1n) is 9.94. The van der Waals surface area contributed by atoms with E-state index in [9.17, 15) is 9.59 Å². The normalized spacial score (nSPS) is 18.0. The topological polar surface area (TPSA) is 88.0 Å². The van der Waals surface area contributed by atoms with Gasteiger partial charge >= 0.3 is 6.09 Å². The number of carbonyl (C=O) groups excluding carboxylic acids is 2. The largest absolute Gasteiger partial charge is 0.444 e. The number of hydrogen-bond acceptors (Lipinski definition) is 5. The zero-order chi connectivity index (χ0) is 21.4. The van der Waals surface area contributed by atoms with E-state index in [2.05, 4.69) is 15.6 Å². The predicted octanol–water partition coefficient (Wildman–Crippen LogP) is 2.20. The summed E-state index contributed by atoms with van der Waals surface area (Å²) in [5.41, 5.74) is 0.876. The summed E-state index contributed by atoms with van der Waals surface area (Å²) in [6, 6.07) is 3.49.